The number of aromatic nitrogens is 2. The van der Waals surface area contributed by atoms with Crippen molar-refractivity contribution in [1.82, 2.24) is 9.55 Å². The van der Waals surface area contributed by atoms with Crippen LogP contribution in [-0.4, -0.2) is 20.6 Å². The molecule has 0 radical (unpaired) electrons. The Hall–Kier alpha value is -3.90. The summed E-state index contributed by atoms with van der Waals surface area (Å²) in [5, 5.41) is 20.3. The minimum Gasteiger partial charge on any atom is -0.493 e. The number of halogens is 1. The Bertz CT molecular complexity index is 1450. The molecule has 0 bridgehead atoms. The van der Waals surface area contributed by atoms with Crippen molar-refractivity contribution >= 4 is 45.0 Å². The second-order valence-electron chi connectivity index (χ2n) is 7.19. The number of benzene rings is 3. The third-order valence-corrected chi connectivity index (χ3v) is 5.44. The number of carbonyl (C=O) groups is 1. The van der Waals surface area contributed by atoms with Gasteiger partial charge in [-0.05, 0) is 29.8 Å². The summed E-state index contributed by atoms with van der Waals surface area (Å²) in [5.41, 5.74) is 3.41. The van der Waals surface area contributed by atoms with Gasteiger partial charge in [0.2, 0.25) is 5.88 Å². The number of aromatic hydroxyl groups is 1. The van der Waals surface area contributed by atoms with Gasteiger partial charge in [-0.2, -0.15) is 0 Å². The molecule has 0 atom stereocenters. The fraction of sp³-hybridized carbons (Fsp3) is 0.0417. The predicted molar refractivity (Wildman–Crippen MR) is 121 cm³/mol. The summed E-state index contributed by atoms with van der Waals surface area (Å²) >= 11 is 5.99. The lowest BCUT2D eigenvalue weighted by Crippen LogP contribution is -1.98. The Morgan fingerprint density at radius 2 is 1.68 bits per heavy atom. The lowest BCUT2D eigenvalue weighted by atomic mass is 10.2. The van der Waals surface area contributed by atoms with Gasteiger partial charge in [-0.1, -0.05) is 60.1 Å². The van der Waals surface area contributed by atoms with E-state index in [0.29, 0.717) is 22.5 Å². The molecule has 2 heterocycles. The van der Waals surface area contributed by atoms with E-state index in [2.05, 4.69) is 15.2 Å². The molecule has 31 heavy (non-hydrogen) atoms. The Morgan fingerprint density at radius 3 is 2.48 bits per heavy atom. The van der Waals surface area contributed by atoms with Gasteiger partial charge in [0.1, 0.15) is 0 Å². The van der Waals surface area contributed by atoms with Crippen LogP contribution in [0, 0.1) is 0 Å². The molecule has 2 aromatic heterocycles. The van der Waals surface area contributed by atoms with Crippen LogP contribution in [0.25, 0.3) is 21.8 Å². The molecule has 3 aromatic carbocycles. The summed E-state index contributed by atoms with van der Waals surface area (Å²) in [6.07, 6.45) is 1.79. The number of H-pyrrole nitrogens is 1. The van der Waals surface area contributed by atoms with E-state index in [1.807, 2.05) is 77.4 Å². The molecule has 6 nitrogen and oxygen atoms in total. The highest BCUT2D eigenvalue weighted by molar-refractivity contribution is 6.30. The van der Waals surface area contributed by atoms with Crippen LogP contribution < -0.4 is 0 Å². The van der Waals surface area contributed by atoms with E-state index in [0.717, 1.165) is 22.0 Å². The number of azo groups is 1. The average Bonchev–Trinajstić information content (AvgIpc) is 3.31. The quantitative estimate of drug-likeness (QED) is 0.322. The second-order valence-corrected chi connectivity index (χ2v) is 7.62. The first-order valence-electron chi connectivity index (χ1n) is 9.68. The molecular weight excluding hydrogens is 412 g/mol. The number of para-hydroxylation sites is 2. The van der Waals surface area contributed by atoms with Crippen molar-refractivity contribution < 1.29 is 9.90 Å². The highest BCUT2D eigenvalue weighted by Crippen LogP contribution is 2.35. The van der Waals surface area contributed by atoms with Crippen molar-refractivity contribution in [1.29, 1.82) is 0 Å². The van der Waals surface area contributed by atoms with Crippen molar-refractivity contribution in [2.75, 3.05) is 0 Å². The number of nitrogens with zero attached hydrogens (tertiary/aromatic N) is 3. The van der Waals surface area contributed by atoms with Crippen LogP contribution in [0.1, 0.15) is 15.9 Å². The molecule has 7 heteroatoms. The van der Waals surface area contributed by atoms with Crippen molar-refractivity contribution in [3.63, 3.8) is 0 Å². The van der Waals surface area contributed by atoms with E-state index in [1.165, 1.54) is 0 Å². The molecule has 0 fully saturated rings. The standard InChI is InChI=1S/C24H17ClN4O2/c25-16-11-9-15(10-12-16)13-29-14-19(17-5-2-4-8-21(17)29)23(30)28-27-22-18-6-1-3-7-20(18)26-24(22)31/h1-12,14,26,31H,13H2. The van der Waals surface area contributed by atoms with Gasteiger partial charge < -0.3 is 14.7 Å². The van der Waals surface area contributed by atoms with Gasteiger partial charge in [-0.25, -0.2) is 0 Å². The fourth-order valence-electron chi connectivity index (χ4n) is 3.70. The molecule has 1 amide bonds. The predicted octanol–water partition coefficient (Wildman–Crippen LogP) is 6.45. The molecule has 0 aliphatic carbocycles. The smallest absolute Gasteiger partial charge is 0.297 e. The Balaban J connectivity index is 1.51. The van der Waals surface area contributed by atoms with Gasteiger partial charge in [-0.3, -0.25) is 4.79 Å². The molecule has 0 unspecified atom stereocenters. The number of carbonyl (C=O) groups excluding carboxylic acids is 1. The minimum atomic E-state index is -0.476. The van der Waals surface area contributed by atoms with E-state index in [1.54, 1.807) is 6.20 Å². The van der Waals surface area contributed by atoms with Crippen molar-refractivity contribution in [2.24, 2.45) is 10.2 Å². The van der Waals surface area contributed by atoms with Crippen LogP contribution in [-0.2, 0) is 6.54 Å². The second kappa shape index (κ2) is 7.74. The van der Waals surface area contributed by atoms with E-state index >= 15 is 0 Å². The summed E-state index contributed by atoms with van der Waals surface area (Å²) in [4.78, 5) is 15.8. The van der Waals surface area contributed by atoms with Crippen molar-refractivity contribution in [3.8, 4) is 5.88 Å². The van der Waals surface area contributed by atoms with Crippen LogP contribution >= 0.6 is 11.6 Å². The van der Waals surface area contributed by atoms with Gasteiger partial charge in [0.05, 0.1) is 11.1 Å². The monoisotopic (exact) mass is 428 g/mol. The van der Waals surface area contributed by atoms with E-state index in [9.17, 15) is 9.90 Å². The number of hydrogen-bond donors (Lipinski definition) is 2. The fourth-order valence-corrected chi connectivity index (χ4v) is 3.82. The first kappa shape index (κ1) is 19.1. The van der Waals surface area contributed by atoms with Crippen LogP contribution in [0.5, 0.6) is 5.88 Å². The third-order valence-electron chi connectivity index (χ3n) is 5.19. The zero-order chi connectivity index (χ0) is 21.4. The molecular formula is C24H17ClN4O2. The molecule has 152 valence electrons. The SMILES string of the molecule is O=C(N=Nc1c(O)[nH]c2ccccc12)c1cn(Cc2ccc(Cl)cc2)c2ccccc12. The van der Waals surface area contributed by atoms with Gasteiger partial charge in [0, 0.05) is 34.1 Å². The molecule has 5 aromatic rings. The van der Waals surface area contributed by atoms with Crippen LogP contribution in [0.3, 0.4) is 0 Å². The molecule has 5 rings (SSSR count). The van der Waals surface area contributed by atoms with Crippen molar-refractivity contribution in [3.05, 3.63) is 95.1 Å². The summed E-state index contributed by atoms with van der Waals surface area (Å²) in [5.74, 6) is -0.598. The van der Waals surface area contributed by atoms with E-state index < -0.39 is 5.91 Å². The summed E-state index contributed by atoms with van der Waals surface area (Å²) < 4.78 is 2.00. The average molecular weight is 429 g/mol. The number of fused-ring (bicyclic) bond motifs is 2. The molecule has 0 saturated carbocycles. The van der Waals surface area contributed by atoms with Crippen LogP contribution in [0.4, 0.5) is 5.69 Å². The number of nitrogens with one attached hydrogen (secondary N) is 1. The van der Waals surface area contributed by atoms with Gasteiger partial charge in [-0.15, -0.1) is 10.2 Å². The largest absolute Gasteiger partial charge is 0.493 e. The third kappa shape index (κ3) is 3.58. The Labute approximate surface area is 182 Å². The highest BCUT2D eigenvalue weighted by Gasteiger charge is 2.16. The van der Waals surface area contributed by atoms with E-state index in [4.69, 9.17) is 11.6 Å². The van der Waals surface area contributed by atoms with Crippen LogP contribution in [0.2, 0.25) is 5.02 Å². The molecule has 0 aliphatic heterocycles. The number of aromatic amines is 1. The summed E-state index contributed by atoms with van der Waals surface area (Å²) in [7, 11) is 0. The number of rotatable bonds is 4. The molecule has 2 N–H and O–H groups in total. The van der Waals surface area contributed by atoms with Gasteiger partial charge in [0.15, 0.2) is 5.69 Å². The Kier molecular flexibility index (Phi) is 4.76. The molecule has 0 spiro atoms. The summed E-state index contributed by atoms with van der Waals surface area (Å²) in [6.45, 7) is 0.589. The van der Waals surface area contributed by atoms with Crippen LogP contribution in [0.15, 0.2) is 89.2 Å². The van der Waals surface area contributed by atoms with Crippen molar-refractivity contribution in [2.45, 2.75) is 6.54 Å². The minimum absolute atomic E-state index is 0.122. The highest BCUT2D eigenvalue weighted by atomic mass is 35.5. The topological polar surface area (TPSA) is 82.7 Å². The number of amides is 1. The number of hydrogen-bond acceptors (Lipinski definition) is 3. The zero-order valence-corrected chi connectivity index (χ0v) is 17.0. The normalized spacial score (nSPS) is 11.6. The summed E-state index contributed by atoms with van der Waals surface area (Å²) in [6, 6.07) is 22.6. The van der Waals surface area contributed by atoms with Gasteiger partial charge >= 0.3 is 0 Å². The Morgan fingerprint density at radius 1 is 0.968 bits per heavy atom. The maximum absolute atomic E-state index is 12.9. The van der Waals surface area contributed by atoms with Gasteiger partial charge in [0.25, 0.3) is 5.91 Å². The zero-order valence-electron chi connectivity index (χ0n) is 16.3. The molecule has 0 saturated heterocycles. The lowest BCUT2D eigenvalue weighted by molar-refractivity contribution is 0.0996. The first-order valence-corrected chi connectivity index (χ1v) is 10.1. The maximum Gasteiger partial charge on any atom is 0.297 e. The lowest BCUT2D eigenvalue weighted by Gasteiger charge is -2.05. The first-order chi connectivity index (χ1) is 15.1. The maximum atomic E-state index is 12.9. The van der Waals surface area contributed by atoms with E-state index in [-0.39, 0.29) is 11.6 Å². The molecule has 0 aliphatic rings.